The fourth-order valence-corrected chi connectivity index (χ4v) is 2.74. The van der Waals surface area contributed by atoms with Crippen LogP contribution in [0.15, 0.2) is 18.2 Å². The molecule has 1 aliphatic rings. The van der Waals surface area contributed by atoms with Gasteiger partial charge in [-0.15, -0.1) is 0 Å². The number of hydrogen-bond donors (Lipinski definition) is 2. The molecule has 0 saturated heterocycles. The molecule has 0 aromatic heterocycles. The van der Waals surface area contributed by atoms with Gasteiger partial charge in [0.15, 0.2) is 0 Å². The number of ether oxygens (including phenoxy) is 2. The molecule has 2 N–H and O–H groups in total. The van der Waals surface area contributed by atoms with Gasteiger partial charge in [-0.3, -0.25) is 4.79 Å². The van der Waals surface area contributed by atoms with Gasteiger partial charge in [0, 0.05) is 13.7 Å². The zero-order valence-electron chi connectivity index (χ0n) is 13.1. The predicted molar refractivity (Wildman–Crippen MR) is 81.6 cm³/mol. The van der Waals surface area contributed by atoms with Crippen LogP contribution in [0, 0.1) is 0 Å². The number of nitrogens with one attached hydrogen (secondary N) is 2. The summed E-state index contributed by atoms with van der Waals surface area (Å²) in [4.78, 5) is 12.0. The van der Waals surface area contributed by atoms with E-state index in [1.807, 2.05) is 0 Å². The Balaban J connectivity index is 1.94. The van der Waals surface area contributed by atoms with Crippen LogP contribution >= 0.6 is 0 Å². The Labute approximate surface area is 134 Å². The molecular formula is C16H22F2N2O3. The molecule has 1 unspecified atom stereocenters. The van der Waals surface area contributed by atoms with Gasteiger partial charge < -0.3 is 20.1 Å². The van der Waals surface area contributed by atoms with Crippen LogP contribution in [0.4, 0.5) is 8.78 Å². The van der Waals surface area contributed by atoms with Crippen molar-refractivity contribution in [3.05, 3.63) is 29.3 Å². The molecule has 0 fully saturated rings. The molecule has 7 heteroatoms. The number of alkyl halides is 2. The van der Waals surface area contributed by atoms with Crippen LogP contribution in [0.1, 0.15) is 30.0 Å². The predicted octanol–water partition coefficient (Wildman–Crippen LogP) is 2.02. The van der Waals surface area contributed by atoms with Crippen LogP contribution in [0.3, 0.4) is 0 Å². The summed E-state index contributed by atoms with van der Waals surface area (Å²) in [5, 5.41) is 5.97. The van der Waals surface area contributed by atoms with Crippen molar-refractivity contribution in [2.24, 2.45) is 0 Å². The normalized spacial score (nSPS) is 17.0. The molecule has 0 bridgehead atoms. The van der Waals surface area contributed by atoms with E-state index in [1.165, 1.54) is 6.07 Å². The average molecular weight is 328 g/mol. The maximum Gasteiger partial charge on any atom is 0.387 e. The van der Waals surface area contributed by atoms with Gasteiger partial charge in [-0.2, -0.15) is 8.78 Å². The summed E-state index contributed by atoms with van der Waals surface area (Å²) in [5.74, 6) is 0.0684. The molecule has 1 aliphatic carbocycles. The minimum atomic E-state index is -2.83. The zero-order valence-corrected chi connectivity index (χ0v) is 13.1. The molecule has 2 rings (SSSR count). The third kappa shape index (κ3) is 5.44. The monoisotopic (exact) mass is 328 g/mol. The summed E-state index contributed by atoms with van der Waals surface area (Å²) in [5.41, 5.74) is 1.93. The molecule has 0 spiro atoms. The van der Waals surface area contributed by atoms with Gasteiger partial charge in [0.1, 0.15) is 5.75 Å². The highest BCUT2D eigenvalue weighted by Gasteiger charge is 2.22. The summed E-state index contributed by atoms with van der Waals surface area (Å²) in [7, 11) is 1.60. The van der Waals surface area contributed by atoms with Crippen molar-refractivity contribution in [2.45, 2.75) is 31.9 Å². The smallest absolute Gasteiger partial charge is 0.387 e. The Bertz CT molecular complexity index is 526. The van der Waals surface area contributed by atoms with E-state index in [1.54, 1.807) is 19.2 Å². The molecule has 1 aromatic carbocycles. The molecule has 1 amide bonds. The van der Waals surface area contributed by atoms with Gasteiger partial charge in [0.05, 0.1) is 19.2 Å². The van der Waals surface area contributed by atoms with E-state index >= 15 is 0 Å². The zero-order chi connectivity index (χ0) is 16.7. The van der Waals surface area contributed by atoms with Crippen molar-refractivity contribution in [3.8, 4) is 5.75 Å². The topological polar surface area (TPSA) is 59.6 Å². The number of carbonyl (C=O) groups is 1. The first-order chi connectivity index (χ1) is 11.1. The SMILES string of the molecule is COCCNCC(=O)NC1CCCc2cc(OC(F)F)ccc21. The van der Waals surface area contributed by atoms with Crippen LogP contribution < -0.4 is 15.4 Å². The van der Waals surface area contributed by atoms with Crippen molar-refractivity contribution < 1.29 is 23.0 Å². The molecule has 1 atom stereocenters. The van der Waals surface area contributed by atoms with Crippen molar-refractivity contribution in [1.29, 1.82) is 0 Å². The minimum absolute atomic E-state index is 0.0870. The van der Waals surface area contributed by atoms with Crippen molar-refractivity contribution in [1.82, 2.24) is 10.6 Å². The average Bonchev–Trinajstić information content (AvgIpc) is 2.51. The van der Waals surface area contributed by atoms with Crippen LogP contribution in [0.5, 0.6) is 5.75 Å². The van der Waals surface area contributed by atoms with Gasteiger partial charge in [-0.25, -0.2) is 0 Å². The summed E-state index contributed by atoms with van der Waals surface area (Å²) in [6, 6.07) is 4.83. The molecule has 0 radical (unpaired) electrons. The standard InChI is InChI=1S/C16H22F2N2O3/c1-22-8-7-19-10-15(21)20-14-4-2-3-11-9-12(23-16(17)18)5-6-13(11)14/h5-6,9,14,16,19H,2-4,7-8,10H2,1H3,(H,20,21). The first kappa shape index (κ1) is 17.6. The lowest BCUT2D eigenvalue weighted by molar-refractivity contribution is -0.121. The summed E-state index contributed by atoms with van der Waals surface area (Å²) in [6.45, 7) is -1.45. The Morgan fingerprint density at radius 3 is 3.00 bits per heavy atom. The molecule has 0 heterocycles. The van der Waals surface area contributed by atoms with Crippen LogP contribution in [-0.2, 0) is 16.0 Å². The molecular weight excluding hydrogens is 306 g/mol. The highest BCUT2D eigenvalue weighted by molar-refractivity contribution is 5.78. The molecule has 0 saturated carbocycles. The molecule has 23 heavy (non-hydrogen) atoms. The van der Waals surface area contributed by atoms with E-state index in [4.69, 9.17) is 4.74 Å². The second-order valence-electron chi connectivity index (χ2n) is 5.42. The van der Waals surface area contributed by atoms with Gasteiger partial charge in [-0.05, 0) is 42.5 Å². The maximum atomic E-state index is 12.3. The quantitative estimate of drug-likeness (QED) is 0.717. The second-order valence-corrected chi connectivity index (χ2v) is 5.42. The van der Waals surface area contributed by atoms with Gasteiger partial charge in [0.2, 0.25) is 5.91 Å². The van der Waals surface area contributed by atoms with Crippen LogP contribution in [0.25, 0.3) is 0 Å². The van der Waals surface area contributed by atoms with Gasteiger partial charge in [0.25, 0.3) is 0 Å². The first-order valence-electron chi connectivity index (χ1n) is 7.67. The van der Waals surface area contributed by atoms with Crippen LogP contribution in [0.2, 0.25) is 0 Å². The molecule has 128 valence electrons. The van der Waals surface area contributed by atoms with Crippen molar-refractivity contribution >= 4 is 5.91 Å². The number of fused-ring (bicyclic) bond motifs is 1. The lowest BCUT2D eigenvalue weighted by Gasteiger charge is -2.27. The molecule has 5 nitrogen and oxygen atoms in total. The number of carbonyl (C=O) groups excluding carboxylic acids is 1. The van der Waals surface area contributed by atoms with Crippen molar-refractivity contribution in [3.63, 3.8) is 0 Å². The Hall–Kier alpha value is -1.73. The Kier molecular flexibility index (Phi) is 6.73. The fourth-order valence-electron chi connectivity index (χ4n) is 2.74. The number of hydrogen-bond acceptors (Lipinski definition) is 4. The fraction of sp³-hybridized carbons (Fsp3) is 0.562. The lowest BCUT2D eigenvalue weighted by atomic mass is 9.87. The van der Waals surface area contributed by atoms with Gasteiger partial charge in [-0.1, -0.05) is 6.07 Å². The number of benzene rings is 1. The third-order valence-corrected chi connectivity index (χ3v) is 3.76. The molecule has 1 aromatic rings. The summed E-state index contributed by atoms with van der Waals surface area (Å²) < 4.78 is 33.9. The number of aryl methyl sites for hydroxylation is 1. The van der Waals surface area contributed by atoms with Crippen LogP contribution in [-0.4, -0.2) is 39.3 Å². The third-order valence-electron chi connectivity index (χ3n) is 3.76. The maximum absolute atomic E-state index is 12.3. The van der Waals surface area contributed by atoms with Gasteiger partial charge >= 0.3 is 6.61 Å². The second kappa shape index (κ2) is 8.79. The van der Waals surface area contributed by atoms with E-state index in [-0.39, 0.29) is 24.2 Å². The van der Waals surface area contributed by atoms with E-state index in [9.17, 15) is 13.6 Å². The minimum Gasteiger partial charge on any atom is -0.435 e. The highest BCUT2D eigenvalue weighted by Crippen LogP contribution is 2.32. The van der Waals surface area contributed by atoms with E-state index in [2.05, 4.69) is 15.4 Å². The van der Waals surface area contributed by atoms with E-state index in [0.717, 1.165) is 30.4 Å². The highest BCUT2D eigenvalue weighted by atomic mass is 19.3. The Morgan fingerprint density at radius 1 is 1.43 bits per heavy atom. The molecule has 0 aliphatic heterocycles. The summed E-state index contributed by atoms with van der Waals surface area (Å²) in [6.07, 6.45) is 2.53. The van der Waals surface area contributed by atoms with E-state index in [0.29, 0.717) is 13.2 Å². The number of rotatable bonds is 8. The Morgan fingerprint density at radius 2 is 2.26 bits per heavy atom. The largest absolute Gasteiger partial charge is 0.435 e. The number of halogens is 2. The van der Waals surface area contributed by atoms with E-state index < -0.39 is 6.61 Å². The number of amides is 1. The van der Waals surface area contributed by atoms with Crippen molar-refractivity contribution in [2.75, 3.05) is 26.8 Å². The first-order valence-corrected chi connectivity index (χ1v) is 7.67. The lowest BCUT2D eigenvalue weighted by Crippen LogP contribution is -2.38. The number of methoxy groups -OCH3 is 1. The summed E-state index contributed by atoms with van der Waals surface area (Å²) >= 11 is 0.